The highest BCUT2D eigenvalue weighted by atomic mass is 19.1. The minimum atomic E-state index is 0.750. The summed E-state index contributed by atoms with van der Waals surface area (Å²) in [6.45, 7) is 0. The third-order valence-corrected chi connectivity index (χ3v) is 1.22. The van der Waals surface area contributed by atoms with Gasteiger partial charge in [0.05, 0.1) is 0 Å². The molecule has 0 bridgehead atoms. The molecule has 0 saturated heterocycles. The molecule has 2 rings (SSSR count). The zero-order chi connectivity index (χ0) is 6.69. The summed E-state index contributed by atoms with van der Waals surface area (Å²) in [4.78, 5) is 0. The van der Waals surface area contributed by atoms with Gasteiger partial charge in [-0.15, -0.1) is 4.39 Å². The fourth-order valence-corrected chi connectivity index (χ4v) is 0.663. The zero-order valence-electron chi connectivity index (χ0n) is 4.76. The lowest BCUT2D eigenvalue weighted by Gasteiger charge is -2.10. The van der Waals surface area contributed by atoms with E-state index < -0.39 is 0 Å². The summed E-state index contributed by atoms with van der Waals surface area (Å²) in [5.41, 5.74) is 2.85. The maximum Gasteiger partial charge on any atom is 0.102 e. The molecule has 0 N–H and O–H groups in total. The van der Waals surface area contributed by atoms with Crippen molar-refractivity contribution in [2.24, 2.45) is 0 Å². The van der Waals surface area contributed by atoms with Crippen LogP contribution in [0.15, 0.2) is 24.3 Å². The van der Waals surface area contributed by atoms with Crippen molar-refractivity contribution in [3.05, 3.63) is 24.3 Å². The molecule has 1 heteroatoms. The largest absolute Gasteiger partial charge is 0.144 e. The van der Waals surface area contributed by atoms with Gasteiger partial charge in [-0.1, -0.05) is 30.7 Å². The van der Waals surface area contributed by atoms with Gasteiger partial charge in [0.1, 0.15) is 6.17 Å². The van der Waals surface area contributed by atoms with E-state index in [9.17, 15) is 4.39 Å². The van der Waals surface area contributed by atoms with Gasteiger partial charge in [-0.25, -0.2) is 0 Å². The van der Waals surface area contributed by atoms with Gasteiger partial charge in [0, 0.05) is 0 Å². The minimum absolute atomic E-state index is 0.750. The molecule has 0 saturated carbocycles. The van der Waals surface area contributed by atoms with Crippen LogP contribution in [-0.2, 0) is 0 Å². The molecule has 0 nitrogen and oxygen atoms in total. The normalized spacial score (nSPS) is 8.44. The molecular weight excluding hydrogens is 115 g/mol. The molecule has 44 valence electrons. The van der Waals surface area contributed by atoms with Gasteiger partial charge in [-0.3, -0.25) is 0 Å². The van der Waals surface area contributed by atoms with Crippen molar-refractivity contribution in [3.63, 3.8) is 0 Å². The lowest BCUT2D eigenvalue weighted by atomic mass is 9.95. The Bertz CT molecular complexity index is 207. The zero-order valence-corrected chi connectivity index (χ0v) is 4.76. The van der Waals surface area contributed by atoms with Crippen molar-refractivity contribution >= 4 is 0 Å². The number of halogens is 1. The smallest absolute Gasteiger partial charge is 0.102 e. The van der Waals surface area contributed by atoms with Gasteiger partial charge in [0.15, 0.2) is 0 Å². The Hall–Kier alpha value is -1.29. The van der Waals surface area contributed by atoms with E-state index in [0.717, 1.165) is 6.17 Å². The van der Waals surface area contributed by atoms with Crippen molar-refractivity contribution in [1.29, 1.82) is 0 Å². The van der Waals surface area contributed by atoms with E-state index in [-0.39, 0.29) is 0 Å². The van der Waals surface area contributed by atoms with Crippen molar-refractivity contribution in [2.75, 3.05) is 0 Å². The molecule has 9 heavy (non-hydrogen) atoms. The summed E-state index contributed by atoms with van der Waals surface area (Å²) in [5, 5.41) is 0. The third kappa shape index (κ3) is 0.921. The monoisotopic (exact) mass is 120 g/mol. The van der Waals surface area contributed by atoms with Gasteiger partial charge in [0.25, 0.3) is 0 Å². The molecule has 0 aliphatic heterocycles. The Morgan fingerprint density at radius 1 is 1.11 bits per heavy atom. The standard InChI is InChI=1S/C6H4.C2HF/c1-2-6-4-3-5(1)6;1-2-3/h1-4H;1H. The van der Waals surface area contributed by atoms with Crippen LogP contribution in [0.5, 0.6) is 0 Å². The quantitative estimate of drug-likeness (QED) is 0.467. The number of terminal acetylenes is 1. The second-order valence-corrected chi connectivity index (χ2v) is 1.69. The lowest BCUT2D eigenvalue weighted by molar-refractivity contribution is 0.775. The Morgan fingerprint density at radius 3 is 1.33 bits per heavy atom. The SMILES string of the molecule is C#CF.c1cc2ccc1-2. The van der Waals surface area contributed by atoms with E-state index in [2.05, 4.69) is 30.7 Å². The van der Waals surface area contributed by atoms with Crippen molar-refractivity contribution in [1.82, 2.24) is 0 Å². The van der Waals surface area contributed by atoms with Gasteiger partial charge >= 0.3 is 0 Å². The maximum atomic E-state index is 9.82. The first-order valence-corrected chi connectivity index (χ1v) is 2.55. The first kappa shape index (κ1) is 5.84. The van der Waals surface area contributed by atoms with Crippen molar-refractivity contribution < 1.29 is 4.39 Å². The molecule has 0 aromatic carbocycles. The van der Waals surface area contributed by atoms with Gasteiger partial charge in [0.2, 0.25) is 0 Å². The van der Waals surface area contributed by atoms with E-state index in [1.165, 1.54) is 11.1 Å². The number of fused-ring (bicyclic) bond motifs is 1. The third-order valence-electron chi connectivity index (χ3n) is 1.22. The highest BCUT2D eigenvalue weighted by molar-refractivity contribution is 5.75. The van der Waals surface area contributed by atoms with Crippen molar-refractivity contribution in [3.8, 4) is 23.7 Å². The summed E-state index contributed by atoms with van der Waals surface area (Å²) in [6.07, 6.45) is 4.68. The second kappa shape index (κ2) is 2.32. The van der Waals surface area contributed by atoms with Crippen LogP contribution in [0.25, 0.3) is 11.1 Å². The van der Waals surface area contributed by atoms with E-state index in [1.807, 2.05) is 0 Å². The average Bonchev–Trinajstić information content (AvgIpc) is 1.81. The molecule has 0 heterocycles. The van der Waals surface area contributed by atoms with Crippen LogP contribution >= 0.6 is 0 Å². The molecule has 2 aliphatic rings. The van der Waals surface area contributed by atoms with Crippen LogP contribution in [-0.4, -0.2) is 0 Å². The van der Waals surface area contributed by atoms with Crippen LogP contribution in [0, 0.1) is 12.6 Å². The van der Waals surface area contributed by atoms with Crippen molar-refractivity contribution in [2.45, 2.75) is 0 Å². The van der Waals surface area contributed by atoms with Gasteiger partial charge in [-0.05, 0) is 11.1 Å². The number of hydrogen-bond donors (Lipinski definition) is 0. The van der Waals surface area contributed by atoms with Gasteiger partial charge in [-0.2, -0.15) is 0 Å². The molecule has 2 aliphatic carbocycles. The summed E-state index contributed by atoms with van der Waals surface area (Å²) >= 11 is 0. The first-order chi connectivity index (χ1) is 4.38. The summed E-state index contributed by atoms with van der Waals surface area (Å²) in [6, 6.07) is 8.48. The van der Waals surface area contributed by atoms with Gasteiger partial charge < -0.3 is 0 Å². The average molecular weight is 120 g/mol. The fourth-order valence-electron chi connectivity index (χ4n) is 0.663. The van der Waals surface area contributed by atoms with Crippen LogP contribution in [0.4, 0.5) is 4.39 Å². The summed E-state index contributed by atoms with van der Waals surface area (Å²) in [7, 11) is 0. The number of hydrogen-bond acceptors (Lipinski definition) is 0. The fraction of sp³-hybridized carbons (Fsp3) is 0. The van der Waals surface area contributed by atoms with Crippen LogP contribution in [0.1, 0.15) is 0 Å². The van der Waals surface area contributed by atoms with E-state index in [4.69, 9.17) is 0 Å². The van der Waals surface area contributed by atoms with Crippen LogP contribution in [0.3, 0.4) is 0 Å². The van der Waals surface area contributed by atoms with E-state index >= 15 is 0 Å². The van der Waals surface area contributed by atoms with E-state index in [1.54, 1.807) is 0 Å². The maximum absolute atomic E-state index is 9.82. The number of benzene rings is 1. The highest BCUT2D eigenvalue weighted by Crippen LogP contribution is 2.29. The van der Waals surface area contributed by atoms with Crippen LogP contribution < -0.4 is 0 Å². The van der Waals surface area contributed by atoms with Crippen LogP contribution in [0.2, 0.25) is 0 Å². The highest BCUT2D eigenvalue weighted by Gasteiger charge is 2.03. The molecular formula is C8H5F. The molecule has 0 aromatic heterocycles. The lowest BCUT2D eigenvalue weighted by Crippen LogP contribution is -1.85. The molecule has 0 spiro atoms. The number of rotatable bonds is 0. The Labute approximate surface area is 53.3 Å². The molecule has 0 aromatic rings. The predicted molar refractivity (Wildman–Crippen MR) is 35.4 cm³/mol. The molecule has 0 amide bonds. The first-order valence-electron chi connectivity index (χ1n) is 2.55. The summed E-state index contributed by atoms with van der Waals surface area (Å²) < 4.78 is 9.82. The Balaban J connectivity index is 0.000000120. The Kier molecular flexibility index (Phi) is 1.51. The second-order valence-electron chi connectivity index (χ2n) is 1.69. The topological polar surface area (TPSA) is 0 Å². The van der Waals surface area contributed by atoms with E-state index in [0.29, 0.717) is 0 Å². The minimum Gasteiger partial charge on any atom is -0.144 e. The Morgan fingerprint density at radius 2 is 1.33 bits per heavy atom. The molecule has 0 radical (unpaired) electrons. The molecule has 0 atom stereocenters. The predicted octanol–water partition coefficient (Wildman–Crippen LogP) is 2.21. The molecule has 0 unspecified atom stereocenters. The molecule has 0 fully saturated rings. The summed E-state index contributed by atoms with van der Waals surface area (Å²) in [5.74, 6) is 0.